The van der Waals surface area contributed by atoms with Crippen molar-refractivity contribution in [3.8, 4) is 0 Å². The van der Waals surface area contributed by atoms with Crippen LogP contribution in [0.5, 0.6) is 0 Å². The summed E-state index contributed by atoms with van der Waals surface area (Å²) in [5.74, 6) is -6.35. The lowest BCUT2D eigenvalue weighted by Gasteiger charge is -2.20. The topological polar surface area (TPSA) is 91.8 Å². The summed E-state index contributed by atoms with van der Waals surface area (Å²) >= 11 is 0. The minimum Gasteiger partial charge on any atom is -0.481 e. The number of nitrogens with zero attached hydrogens (tertiary/aromatic N) is 1. The zero-order chi connectivity index (χ0) is 20.0. The van der Waals surface area contributed by atoms with E-state index in [0.29, 0.717) is 11.1 Å². The van der Waals surface area contributed by atoms with Crippen molar-refractivity contribution < 1.29 is 36.3 Å². The van der Waals surface area contributed by atoms with E-state index >= 15 is 0 Å². The first kappa shape index (κ1) is 20.2. The van der Waals surface area contributed by atoms with Gasteiger partial charge in [-0.2, -0.15) is 13.2 Å². The van der Waals surface area contributed by atoms with Crippen LogP contribution in [0, 0.1) is 25.7 Å². The van der Waals surface area contributed by atoms with Crippen LogP contribution in [0.1, 0.15) is 21.5 Å². The monoisotopic (exact) mass is 393 g/mol. The number of alkyl halides is 3. The van der Waals surface area contributed by atoms with Gasteiger partial charge in [0.15, 0.2) is 9.84 Å². The van der Waals surface area contributed by atoms with E-state index in [9.17, 15) is 31.2 Å². The maximum atomic E-state index is 13.1. The van der Waals surface area contributed by atoms with Crippen molar-refractivity contribution in [3.05, 3.63) is 28.8 Å². The number of aryl methyl sites for hydroxylation is 1. The average Bonchev–Trinajstić information content (AvgIpc) is 2.93. The number of amides is 1. The highest BCUT2D eigenvalue weighted by Gasteiger charge is 2.53. The van der Waals surface area contributed by atoms with Gasteiger partial charge in [0.2, 0.25) is 0 Å². The number of rotatable bonds is 3. The summed E-state index contributed by atoms with van der Waals surface area (Å²) in [5, 5.41) is 9.05. The molecule has 0 unspecified atom stereocenters. The Morgan fingerprint density at radius 2 is 1.77 bits per heavy atom. The van der Waals surface area contributed by atoms with Crippen LogP contribution in [0.2, 0.25) is 0 Å². The molecule has 1 N–H and O–H groups in total. The van der Waals surface area contributed by atoms with Crippen LogP contribution in [0.4, 0.5) is 13.2 Å². The molecule has 2 atom stereocenters. The van der Waals surface area contributed by atoms with Crippen LogP contribution < -0.4 is 0 Å². The first-order valence-electron chi connectivity index (χ1n) is 7.63. The number of carboxylic acid groups (broad SMARTS) is 1. The van der Waals surface area contributed by atoms with Crippen LogP contribution in [0.15, 0.2) is 17.0 Å². The van der Waals surface area contributed by atoms with Crippen LogP contribution in [-0.2, 0) is 14.6 Å². The molecule has 26 heavy (non-hydrogen) atoms. The maximum absolute atomic E-state index is 13.1. The zero-order valence-electron chi connectivity index (χ0n) is 14.3. The van der Waals surface area contributed by atoms with Gasteiger partial charge in [0.25, 0.3) is 5.91 Å². The lowest BCUT2D eigenvalue weighted by molar-refractivity contribution is -0.187. The van der Waals surface area contributed by atoms with Gasteiger partial charge in [-0.3, -0.25) is 9.59 Å². The maximum Gasteiger partial charge on any atom is 0.394 e. The SMILES string of the molecule is Cc1cc(S(C)(=O)=O)cc(C(=O)N2C[C@@H](C(F)(F)F)[C@H](C(=O)O)C2)c1C. The Morgan fingerprint density at radius 3 is 2.19 bits per heavy atom. The first-order valence-corrected chi connectivity index (χ1v) is 9.52. The van der Waals surface area contributed by atoms with E-state index in [4.69, 9.17) is 5.11 Å². The molecule has 0 aliphatic carbocycles. The summed E-state index contributed by atoms with van der Waals surface area (Å²) in [5.41, 5.74) is 0.889. The quantitative estimate of drug-likeness (QED) is 0.849. The van der Waals surface area contributed by atoms with Gasteiger partial charge in [-0.1, -0.05) is 0 Å². The molecule has 1 fully saturated rings. The molecule has 1 aliphatic rings. The van der Waals surface area contributed by atoms with Crippen molar-refractivity contribution in [3.63, 3.8) is 0 Å². The third-order valence-corrected chi connectivity index (χ3v) is 5.74. The van der Waals surface area contributed by atoms with Crippen LogP contribution in [-0.4, -0.2) is 55.8 Å². The number of carbonyl (C=O) groups is 2. The zero-order valence-corrected chi connectivity index (χ0v) is 15.1. The molecule has 2 rings (SSSR count). The Hall–Kier alpha value is -2.10. The van der Waals surface area contributed by atoms with Gasteiger partial charge in [0.05, 0.1) is 16.7 Å². The van der Waals surface area contributed by atoms with Gasteiger partial charge in [-0.05, 0) is 37.1 Å². The summed E-state index contributed by atoms with van der Waals surface area (Å²) < 4.78 is 62.8. The number of carboxylic acids is 1. The van der Waals surface area contributed by atoms with Crippen LogP contribution in [0.3, 0.4) is 0 Å². The third-order valence-electron chi connectivity index (χ3n) is 4.64. The smallest absolute Gasteiger partial charge is 0.394 e. The molecule has 0 saturated carbocycles. The van der Waals surface area contributed by atoms with E-state index in [1.54, 1.807) is 13.8 Å². The molecule has 0 spiro atoms. The fraction of sp³-hybridized carbons (Fsp3) is 0.500. The van der Waals surface area contributed by atoms with E-state index in [0.717, 1.165) is 17.2 Å². The largest absolute Gasteiger partial charge is 0.481 e. The van der Waals surface area contributed by atoms with Gasteiger partial charge in [-0.15, -0.1) is 0 Å². The second-order valence-corrected chi connectivity index (χ2v) is 8.50. The lowest BCUT2D eigenvalue weighted by Crippen LogP contribution is -2.34. The third kappa shape index (κ3) is 3.84. The Morgan fingerprint density at radius 1 is 1.19 bits per heavy atom. The minimum absolute atomic E-state index is 0.0441. The summed E-state index contributed by atoms with van der Waals surface area (Å²) in [6.07, 6.45) is -3.79. The van der Waals surface area contributed by atoms with E-state index in [1.165, 1.54) is 6.07 Å². The number of sulfone groups is 1. The van der Waals surface area contributed by atoms with Crippen molar-refractivity contribution in [2.45, 2.75) is 24.9 Å². The summed E-state index contributed by atoms with van der Waals surface area (Å²) in [7, 11) is -3.62. The summed E-state index contributed by atoms with van der Waals surface area (Å²) in [4.78, 5) is 24.6. The fourth-order valence-corrected chi connectivity index (χ4v) is 3.71. The Bertz CT molecular complexity index is 863. The van der Waals surface area contributed by atoms with E-state index in [2.05, 4.69) is 0 Å². The Balaban J connectivity index is 2.44. The van der Waals surface area contributed by atoms with Crippen molar-refractivity contribution in [1.29, 1.82) is 0 Å². The molecule has 1 heterocycles. The van der Waals surface area contributed by atoms with Crippen molar-refractivity contribution in [2.75, 3.05) is 19.3 Å². The average molecular weight is 393 g/mol. The van der Waals surface area contributed by atoms with Crippen molar-refractivity contribution in [2.24, 2.45) is 11.8 Å². The molecule has 1 aromatic rings. The summed E-state index contributed by atoms with van der Waals surface area (Å²) in [6, 6.07) is 2.50. The molecule has 10 heteroatoms. The van der Waals surface area contributed by atoms with E-state index < -0.39 is 52.8 Å². The highest BCUT2D eigenvalue weighted by Crippen LogP contribution is 2.38. The molecule has 0 bridgehead atoms. The molecule has 1 aliphatic heterocycles. The van der Waals surface area contributed by atoms with Gasteiger partial charge in [0, 0.05) is 24.9 Å². The van der Waals surface area contributed by atoms with Crippen LogP contribution in [0.25, 0.3) is 0 Å². The van der Waals surface area contributed by atoms with Gasteiger partial charge >= 0.3 is 12.1 Å². The molecule has 1 saturated heterocycles. The molecular weight excluding hydrogens is 375 g/mol. The number of benzene rings is 1. The number of halogens is 3. The molecule has 0 aromatic heterocycles. The molecule has 0 radical (unpaired) electrons. The van der Waals surface area contributed by atoms with Gasteiger partial charge in [-0.25, -0.2) is 8.42 Å². The number of aliphatic carboxylic acids is 1. The lowest BCUT2D eigenvalue weighted by atomic mass is 9.96. The normalized spacial score (nSPS) is 21.1. The minimum atomic E-state index is -4.75. The van der Waals surface area contributed by atoms with Gasteiger partial charge < -0.3 is 10.0 Å². The van der Waals surface area contributed by atoms with Crippen molar-refractivity contribution in [1.82, 2.24) is 4.90 Å². The molecule has 6 nitrogen and oxygen atoms in total. The van der Waals surface area contributed by atoms with Crippen LogP contribution >= 0.6 is 0 Å². The standard InChI is InChI=1S/C16H18F3NO5S/c1-8-4-10(26(3,24)25)5-11(9(8)2)14(21)20-6-12(15(22)23)13(7-20)16(17,18)19/h4-5,12-13H,6-7H2,1-3H3,(H,22,23)/t12-,13-/m1/s1. The van der Waals surface area contributed by atoms with Gasteiger partial charge in [0.1, 0.15) is 0 Å². The fourth-order valence-electron chi connectivity index (χ4n) is 2.98. The second-order valence-electron chi connectivity index (χ2n) is 6.49. The van der Waals surface area contributed by atoms with E-state index in [-0.39, 0.29) is 10.5 Å². The second kappa shape index (κ2) is 6.57. The number of hydrogen-bond donors (Lipinski definition) is 1. The highest BCUT2D eigenvalue weighted by molar-refractivity contribution is 7.90. The number of likely N-dealkylation sites (tertiary alicyclic amines) is 1. The first-order chi connectivity index (χ1) is 11.7. The van der Waals surface area contributed by atoms with Crippen molar-refractivity contribution >= 4 is 21.7 Å². The predicted octanol–water partition coefficient (Wildman–Crippen LogP) is 2.04. The highest BCUT2D eigenvalue weighted by atomic mass is 32.2. The summed E-state index contributed by atoms with van der Waals surface area (Å²) in [6.45, 7) is 1.78. The Kier molecular flexibility index (Phi) is 5.10. The van der Waals surface area contributed by atoms with E-state index in [1.807, 2.05) is 0 Å². The molecule has 144 valence electrons. The number of carbonyl (C=O) groups excluding carboxylic acids is 1. The Labute approximate surface area is 148 Å². The molecular formula is C16H18F3NO5S. The molecule has 1 aromatic carbocycles. The molecule has 1 amide bonds. The number of hydrogen-bond acceptors (Lipinski definition) is 4. The predicted molar refractivity (Wildman–Crippen MR) is 85.6 cm³/mol.